The lowest BCUT2D eigenvalue weighted by molar-refractivity contribution is 0.102. The lowest BCUT2D eigenvalue weighted by Gasteiger charge is -2.14. The highest BCUT2D eigenvalue weighted by Gasteiger charge is 2.15. The molecule has 1 aromatic carbocycles. The van der Waals surface area contributed by atoms with Crippen LogP contribution in [-0.4, -0.2) is 12.3 Å². The predicted molar refractivity (Wildman–Crippen MR) is 60.8 cm³/mol. The third kappa shape index (κ3) is 2.09. The largest absolute Gasteiger partial charge is 0.391 e. The Balaban J connectivity index is 2.28. The second-order valence-electron chi connectivity index (χ2n) is 3.87. The normalized spacial score (nSPS) is 15.4. The summed E-state index contributed by atoms with van der Waals surface area (Å²) in [4.78, 5) is 12.1. The zero-order chi connectivity index (χ0) is 10.7. The van der Waals surface area contributed by atoms with Crippen molar-refractivity contribution in [2.75, 3.05) is 6.54 Å². The number of rotatable bonds is 2. The third-order valence-corrected chi connectivity index (χ3v) is 2.72. The minimum absolute atomic E-state index is 0.167. The minimum atomic E-state index is 0.167. The monoisotopic (exact) mass is 201 g/mol. The van der Waals surface area contributed by atoms with Gasteiger partial charge in [-0.1, -0.05) is 24.3 Å². The smallest absolute Gasteiger partial charge is 0.190 e. The van der Waals surface area contributed by atoms with Crippen LogP contribution in [-0.2, 0) is 0 Å². The van der Waals surface area contributed by atoms with Gasteiger partial charge >= 0.3 is 0 Å². The van der Waals surface area contributed by atoms with Gasteiger partial charge in [0, 0.05) is 23.9 Å². The van der Waals surface area contributed by atoms with Crippen LogP contribution < -0.4 is 5.32 Å². The Bertz CT molecular complexity index is 407. The van der Waals surface area contributed by atoms with Gasteiger partial charge in [0.1, 0.15) is 0 Å². The summed E-state index contributed by atoms with van der Waals surface area (Å²) in [6.45, 7) is 2.95. The van der Waals surface area contributed by atoms with Gasteiger partial charge in [0.2, 0.25) is 0 Å². The predicted octanol–water partition coefficient (Wildman–Crippen LogP) is 2.45. The highest BCUT2D eigenvalue weighted by Crippen LogP contribution is 2.17. The molecule has 1 aliphatic heterocycles. The lowest BCUT2D eigenvalue weighted by atomic mass is 9.96. The summed E-state index contributed by atoms with van der Waals surface area (Å²) in [5.74, 6) is 0.167. The fourth-order valence-electron chi connectivity index (χ4n) is 1.83. The Labute approximate surface area is 90.0 Å². The number of Topliss-reactive ketones (excluding diaryl/α,β-unsaturated/α-hetero) is 1. The molecule has 0 radical (unpaired) electrons. The number of hydrogen-bond acceptors (Lipinski definition) is 2. The zero-order valence-corrected chi connectivity index (χ0v) is 8.92. The average molecular weight is 201 g/mol. The molecule has 1 aliphatic rings. The molecule has 0 amide bonds. The van der Waals surface area contributed by atoms with Crippen molar-refractivity contribution in [2.45, 2.75) is 19.8 Å². The Hall–Kier alpha value is -1.57. The van der Waals surface area contributed by atoms with Gasteiger partial charge in [-0.05, 0) is 25.3 Å². The summed E-state index contributed by atoms with van der Waals surface area (Å²) < 4.78 is 0. The lowest BCUT2D eigenvalue weighted by Crippen LogP contribution is -2.18. The van der Waals surface area contributed by atoms with Crippen LogP contribution in [0.3, 0.4) is 0 Å². The Morgan fingerprint density at radius 3 is 2.80 bits per heavy atom. The summed E-state index contributed by atoms with van der Waals surface area (Å²) >= 11 is 0. The van der Waals surface area contributed by atoms with E-state index in [1.165, 1.54) is 0 Å². The molecule has 1 heterocycles. The summed E-state index contributed by atoms with van der Waals surface area (Å²) in [7, 11) is 0. The van der Waals surface area contributed by atoms with Crippen molar-refractivity contribution in [1.29, 1.82) is 0 Å². The number of hydrogen-bond donors (Lipinski definition) is 1. The van der Waals surface area contributed by atoms with Gasteiger partial charge in [0.25, 0.3) is 0 Å². The Morgan fingerprint density at radius 1 is 1.33 bits per heavy atom. The molecule has 78 valence electrons. The van der Waals surface area contributed by atoms with Crippen molar-refractivity contribution >= 4 is 5.78 Å². The van der Waals surface area contributed by atoms with Gasteiger partial charge in [-0.2, -0.15) is 0 Å². The van der Waals surface area contributed by atoms with Crippen LogP contribution in [0.15, 0.2) is 36.0 Å². The zero-order valence-electron chi connectivity index (χ0n) is 8.92. The van der Waals surface area contributed by atoms with E-state index < -0.39 is 0 Å². The number of nitrogens with one attached hydrogen (secondary N) is 1. The molecule has 0 saturated heterocycles. The SMILES string of the molecule is Cc1ccccc1C(=O)C1=CNCCC1. The molecule has 2 heteroatoms. The highest BCUT2D eigenvalue weighted by atomic mass is 16.1. The van der Waals surface area contributed by atoms with Gasteiger partial charge in [0.05, 0.1) is 0 Å². The summed E-state index contributed by atoms with van der Waals surface area (Å²) in [6.07, 6.45) is 3.79. The number of benzene rings is 1. The molecule has 0 atom stereocenters. The second kappa shape index (κ2) is 4.30. The average Bonchev–Trinajstić information content (AvgIpc) is 2.30. The van der Waals surface area contributed by atoms with Crippen molar-refractivity contribution < 1.29 is 4.79 Å². The maximum Gasteiger partial charge on any atom is 0.190 e. The molecule has 15 heavy (non-hydrogen) atoms. The van der Waals surface area contributed by atoms with Crippen LogP contribution in [0.25, 0.3) is 0 Å². The van der Waals surface area contributed by atoms with E-state index >= 15 is 0 Å². The Kier molecular flexibility index (Phi) is 2.86. The molecule has 0 fully saturated rings. The van der Waals surface area contributed by atoms with Gasteiger partial charge in [-0.3, -0.25) is 4.79 Å². The van der Waals surface area contributed by atoms with E-state index in [1.54, 1.807) is 0 Å². The van der Waals surface area contributed by atoms with Crippen molar-refractivity contribution in [3.63, 3.8) is 0 Å². The molecule has 0 aliphatic carbocycles. The fraction of sp³-hybridized carbons (Fsp3) is 0.308. The highest BCUT2D eigenvalue weighted by molar-refractivity contribution is 6.09. The first-order valence-electron chi connectivity index (χ1n) is 5.32. The van der Waals surface area contributed by atoms with E-state index in [2.05, 4.69) is 5.32 Å². The van der Waals surface area contributed by atoms with Crippen LogP contribution in [0.2, 0.25) is 0 Å². The van der Waals surface area contributed by atoms with E-state index in [4.69, 9.17) is 0 Å². The van der Waals surface area contributed by atoms with E-state index in [-0.39, 0.29) is 5.78 Å². The molecular formula is C13H15NO. The molecule has 0 unspecified atom stereocenters. The molecule has 1 aromatic rings. The maximum atomic E-state index is 12.1. The van der Waals surface area contributed by atoms with Crippen molar-refractivity contribution in [1.82, 2.24) is 5.32 Å². The number of carbonyl (C=O) groups excluding carboxylic acids is 1. The van der Waals surface area contributed by atoms with Gasteiger partial charge in [-0.15, -0.1) is 0 Å². The van der Waals surface area contributed by atoms with Crippen LogP contribution in [0.1, 0.15) is 28.8 Å². The first-order chi connectivity index (χ1) is 7.29. The molecular weight excluding hydrogens is 186 g/mol. The van der Waals surface area contributed by atoms with Crippen LogP contribution >= 0.6 is 0 Å². The van der Waals surface area contributed by atoms with E-state index in [0.29, 0.717) is 0 Å². The van der Waals surface area contributed by atoms with Crippen molar-refractivity contribution in [2.24, 2.45) is 0 Å². The van der Waals surface area contributed by atoms with Crippen LogP contribution in [0.4, 0.5) is 0 Å². The van der Waals surface area contributed by atoms with E-state index in [0.717, 1.165) is 36.1 Å². The Morgan fingerprint density at radius 2 is 2.13 bits per heavy atom. The van der Waals surface area contributed by atoms with E-state index in [1.807, 2.05) is 37.4 Å². The molecule has 2 nitrogen and oxygen atoms in total. The molecule has 0 bridgehead atoms. The topological polar surface area (TPSA) is 29.1 Å². The van der Waals surface area contributed by atoms with Gasteiger partial charge in [-0.25, -0.2) is 0 Å². The molecule has 1 N–H and O–H groups in total. The first-order valence-corrected chi connectivity index (χ1v) is 5.32. The molecule has 2 rings (SSSR count). The van der Waals surface area contributed by atoms with Gasteiger partial charge in [0.15, 0.2) is 5.78 Å². The molecule has 0 spiro atoms. The first kappa shape index (κ1) is 9.97. The quantitative estimate of drug-likeness (QED) is 0.745. The summed E-state index contributed by atoms with van der Waals surface area (Å²) in [6, 6.07) is 7.74. The summed E-state index contributed by atoms with van der Waals surface area (Å²) in [5.41, 5.74) is 2.77. The molecule has 0 saturated carbocycles. The number of aryl methyl sites for hydroxylation is 1. The fourth-order valence-corrected chi connectivity index (χ4v) is 1.83. The second-order valence-corrected chi connectivity index (χ2v) is 3.87. The number of allylic oxidation sites excluding steroid dienone is 1. The number of ketones is 1. The van der Waals surface area contributed by atoms with Crippen LogP contribution in [0, 0.1) is 6.92 Å². The molecule has 0 aromatic heterocycles. The standard InChI is InChI=1S/C13H15NO/c1-10-5-2-3-7-12(10)13(15)11-6-4-8-14-9-11/h2-3,5,7,9,14H,4,6,8H2,1H3. The van der Waals surface area contributed by atoms with Crippen molar-refractivity contribution in [3.8, 4) is 0 Å². The van der Waals surface area contributed by atoms with Crippen LogP contribution in [0.5, 0.6) is 0 Å². The number of carbonyl (C=O) groups is 1. The summed E-state index contributed by atoms with van der Waals surface area (Å²) in [5, 5.41) is 3.12. The van der Waals surface area contributed by atoms with E-state index in [9.17, 15) is 4.79 Å². The minimum Gasteiger partial charge on any atom is -0.391 e. The van der Waals surface area contributed by atoms with Crippen molar-refractivity contribution in [3.05, 3.63) is 47.2 Å². The van der Waals surface area contributed by atoms with Gasteiger partial charge < -0.3 is 5.32 Å². The third-order valence-electron chi connectivity index (χ3n) is 2.72. The maximum absolute atomic E-state index is 12.1.